The van der Waals surface area contributed by atoms with Crippen molar-refractivity contribution in [2.24, 2.45) is 29.6 Å². The number of phenols is 1. The highest BCUT2D eigenvalue weighted by molar-refractivity contribution is 9.10. The number of rotatable bonds is 8. The predicted octanol–water partition coefficient (Wildman–Crippen LogP) is 8.21. The molecule has 0 radical (unpaired) electrons. The van der Waals surface area contributed by atoms with E-state index in [1.165, 1.54) is 24.1 Å². The Morgan fingerprint density at radius 1 is 0.873 bits per heavy atom. The third-order valence-corrected chi connectivity index (χ3v) is 12.5. The first-order valence-corrected chi connectivity index (χ1v) is 19.2. The molecule has 6 atom stereocenters. The number of anilines is 2. The van der Waals surface area contributed by atoms with Gasteiger partial charge in [-0.05, 0) is 96.6 Å². The summed E-state index contributed by atoms with van der Waals surface area (Å²) >= 11 is 16.2. The van der Waals surface area contributed by atoms with Crippen molar-refractivity contribution in [1.82, 2.24) is 5.01 Å². The molecule has 280 valence electrons. The van der Waals surface area contributed by atoms with Crippen molar-refractivity contribution in [2.75, 3.05) is 24.5 Å². The number of halogens is 3. The first kappa shape index (κ1) is 36.9. The summed E-state index contributed by atoms with van der Waals surface area (Å²) in [6.45, 7) is 0. The molecule has 1 saturated carbocycles. The number of ether oxygens (including phenoxy) is 2. The number of aromatic hydroxyl groups is 1. The second kappa shape index (κ2) is 14.2. The topological polar surface area (TPSA) is 125 Å². The molecule has 0 bridgehead atoms. The van der Waals surface area contributed by atoms with Gasteiger partial charge in [0.25, 0.3) is 11.8 Å². The first-order chi connectivity index (χ1) is 26.5. The molecule has 3 fully saturated rings. The number of nitrogens with one attached hydrogen (secondary N) is 1. The van der Waals surface area contributed by atoms with Crippen LogP contribution >= 0.6 is 39.1 Å². The molecule has 4 amide bonds. The van der Waals surface area contributed by atoms with E-state index in [0.29, 0.717) is 33.3 Å². The number of nitrogens with zero attached hydrogens (tertiary/aromatic N) is 2. The van der Waals surface area contributed by atoms with Crippen LogP contribution in [0.2, 0.25) is 10.0 Å². The number of amides is 4. The Balaban J connectivity index is 1.31. The van der Waals surface area contributed by atoms with E-state index >= 15 is 4.79 Å². The molecule has 0 spiro atoms. The van der Waals surface area contributed by atoms with E-state index in [-0.39, 0.29) is 41.2 Å². The summed E-state index contributed by atoms with van der Waals surface area (Å²) in [6.07, 6.45) is 6.10. The fourth-order valence-corrected chi connectivity index (χ4v) is 9.65. The number of imide groups is 2. The number of hydrogen-bond donors (Lipinski definition) is 2. The Kier molecular flexibility index (Phi) is 9.51. The molecule has 4 aliphatic rings. The number of methoxy groups -OCH3 is 2. The zero-order valence-corrected chi connectivity index (χ0v) is 32.6. The smallest absolute Gasteiger partial charge is 0.260 e. The summed E-state index contributed by atoms with van der Waals surface area (Å²) in [6, 6.07) is 23.7. The van der Waals surface area contributed by atoms with Crippen LogP contribution in [0.1, 0.15) is 24.0 Å². The minimum absolute atomic E-state index is 0.0351. The number of carbonyl (C=O) groups excluding carboxylic acids is 4. The number of fused-ring (bicyclic) bond motifs is 4. The molecule has 10 nitrogen and oxygen atoms in total. The molecule has 4 aromatic rings. The van der Waals surface area contributed by atoms with Gasteiger partial charge < -0.3 is 14.6 Å². The second-order valence-electron chi connectivity index (χ2n) is 14.0. The van der Waals surface area contributed by atoms with E-state index in [1.807, 2.05) is 18.2 Å². The van der Waals surface area contributed by atoms with Gasteiger partial charge in [-0.2, -0.15) is 5.01 Å². The SMILES string of the molecule is COc1ccc(C23C(=O)N(Nc4ccc(Cl)cc4Cl)C(=O)C2CC2C(=CCC4C(=O)N(c5ccc(Br)cc5)C(=O)C42)C3C=Cc2ccc(O)c(OC)c2)cc1. The molecule has 2 heterocycles. The van der Waals surface area contributed by atoms with E-state index in [9.17, 15) is 19.5 Å². The fourth-order valence-electron chi connectivity index (χ4n) is 8.94. The molecule has 8 rings (SSSR count). The van der Waals surface area contributed by atoms with Gasteiger partial charge >= 0.3 is 0 Å². The number of carbonyl (C=O) groups is 4. The van der Waals surface area contributed by atoms with Crippen LogP contribution in [0.25, 0.3) is 6.08 Å². The summed E-state index contributed by atoms with van der Waals surface area (Å²) in [5, 5.41) is 11.9. The van der Waals surface area contributed by atoms with E-state index in [2.05, 4.69) is 21.4 Å². The highest BCUT2D eigenvalue weighted by Crippen LogP contribution is 2.62. The van der Waals surface area contributed by atoms with Crippen LogP contribution in [0.4, 0.5) is 11.4 Å². The van der Waals surface area contributed by atoms with Crippen LogP contribution in [-0.2, 0) is 24.6 Å². The number of phenolic OH excluding ortho intramolecular Hbond substituents is 1. The zero-order chi connectivity index (χ0) is 38.8. The van der Waals surface area contributed by atoms with Crippen molar-refractivity contribution in [1.29, 1.82) is 0 Å². The van der Waals surface area contributed by atoms with E-state index in [0.717, 1.165) is 15.1 Å². The highest BCUT2D eigenvalue weighted by Gasteiger charge is 2.69. The quantitative estimate of drug-likeness (QED) is 0.134. The predicted molar refractivity (Wildman–Crippen MR) is 212 cm³/mol. The molecule has 55 heavy (non-hydrogen) atoms. The van der Waals surface area contributed by atoms with Gasteiger partial charge in [-0.3, -0.25) is 29.5 Å². The molecule has 4 aromatic carbocycles. The zero-order valence-electron chi connectivity index (χ0n) is 29.5. The molecule has 2 N–H and O–H groups in total. The molecular weight excluding hydrogens is 809 g/mol. The Hall–Kier alpha value is -5.10. The van der Waals surface area contributed by atoms with Crippen LogP contribution < -0.4 is 19.8 Å². The summed E-state index contributed by atoms with van der Waals surface area (Å²) in [4.78, 5) is 60.1. The van der Waals surface area contributed by atoms with Crippen molar-refractivity contribution in [3.8, 4) is 17.2 Å². The minimum Gasteiger partial charge on any atom is -0.504 e. The van der Waals surface area contributed by atoms with Crippen LogP contribution in [0, 0.1) is 29.6 Å². The van der Waals surface area contributed by atoms with Gasteiger partial charge in [0.05, 0.1) is 53.8 Å². The second-order valence-corrected chi connectivity index (χ2v) is 15.8. The lowest BCUT2D eigenvalue weighted by Crippen LogP contribution is -2.54. The fraction of sp³-hybridized carbons (Fsp3) is 0.238. The van der Waals surface area contributed by atoms with Crippen molar-refractivity contribution < 1.29 is 33.8 Å². The molecule has 13 heteroatoms. The van der Waals surface area contributed by atoms with Gasteiger partial charge in [-0.15, -0.1) is 0 Å². The lowest BCUT2D eigenvalue weighted by molar-refractivity contribution is -0.139. The Bertz CT molecular complexity index is 2310. The monoisotopic (exact) mass is 841 g/mol. The number of hydrazine groups is 1. The molecule has 2 aliphatic carbocycles. The van der Waals surface area contributed by atoms with Crippen molar-refractivity contribution in [3.63, 3.8) is 0 Å². The standard InChI is InChI=1S/C42H34BrCl2N3O7/c1-54-27-12-5-23(6-13-27)42-31(16-3-22-4-18-35(49)36(19-22)55-2)28-14-15-29-37(40(52)47(38(29)50)26-10-7-24(43)8-11-26)30(28)21-32(42)39(51)48(41(42)53)46-34-17-9-25(44)20-33(34)45/h3-14,16-20,29-32,37,46,49H,15,21H2,1-2H3. The molecule has 0 aromatic heterocycles. The highest BCUT2D eigenvalue weighted by atomic mass is 79.9. The third kappa shape index (κ3) is 5.91. The Morgan fingerprint density at radius 3 is 2.31 bits per heavy atom. The van der Waals surface area contributed by atoms with Crippen molar-refractivity contribution >= 4 is 80.2 Å². The maximum Gasteiger partial charge on any atom is 0.260 e. The van der Waals surface area contributed by atoms with Gasteiger partial charge in [0.2, 0.25) is 11.8 Å². The van der Waals surface area contributed by atoms with Gasteiger partial charge in [0.15, 0.2) is 11.5 Å². The Labute approximate surface area is 335 Å². The van der Waals surface area contributed by atoms with Crippen molar-refractivity contribution in [3.05, 3.63) is 128 Å². The maximum absolute atomic E-state index is 15.4. The average Bonchev–Trinajstić information content (AvgIpc) is 3.56. The molecule has 2 aliphatic heterocycles. The maximum atomic E-state index is 15.4. The first-order valence-electron chi connectivity index (χ1n) is 17.6. The van der Waals surface area contributed by atoms with Crippen LogP contribution in [0.15, 0.2) is 107 Å². The lowest BCUT2D eigenvalue weighted by atomic mass is 9.50. The largest absolute Gasteiger partial charge is 0.504 e. The van der Waals surface area contributed by atoms with E-state index in [4.69, 9.17) is 32.7 Å². The van der Waals surface area contributed by atoms with Gasteiger partial charge in [0.1, 0.15) is 5.75 Å². The lowest BCUT2D eigenvalue weighted by Gasteiger charge is -2.49. The molecule has 6 unspecified atom stereocenters. The normalized spacial score (nSPS) is 25.8. The van der Waals surface area contributed by atoms with E-state index in [1.54, 1.807) is 79.9 Å². The summed E-state index contributed by atoms with van der Waals surface area (Å²) in [7, 11) is 3.00. The van der Waals surface area contributed by atoms with Crippen LogP contribution in [-0.4, -0.2) is 48.0 Å². The van der Waals surface area contributed by atoms with Gasteiger partial charge in [-0.25, -0.2) is 0 Å². The third-order valence-electron chi connectivity index (χ3n) is 11.4. The number of benzene rings is 4. The molecular formula is C42H34BrCl2N3O7. The summed E-state index contributed by atoms with van der Waals surface area (Å²) < 4.78 is 11.6. The van der Waals surface area contributed by atoms with Gasteiger partial charge in [0, 0.05) is 15.4 Å². The number of allylic oxidation sites excluding steroid dienone is 3. The van der Waals surface area contributed by atoms with E-state index < -0.39 is 46.8 Å². The van der Waals surface area contributed by atoms with Crippen molar-refractivity contribution in [2.45, 2.75) is 18.3 Å². The number of hydrogen-bond acceptors (Lipinski definition) is 8. The average molecular weight is 844 g/mol. The Morgan fingerprint density at radius 2 is 1.62 bits per heavy atom. The van der Waals surface area contributed by atoms with Crippen LogP contribution in [0.3, 0.4) is 0 Å². The summed E-state index contributed by atoms with van der Waals surface area (Å²) in [5.74, 6) is -4.54. The van der Waals surface area contributed by atoms with Crippen LogP contribution in [0.5, 0.6) is 17.2 Å². The molecule has 2 saturated heterocycles. The van der Waals surface area contributed by atoms with Gasteiger partial charge in [-0.1, -0.05) is 81.1 Å². The minimum atomic E-state index is -1.50. The summed E-state index contributed by atoms with van der Waals surface area (Å²) in [5.41, 5.74) is 4.31.